The molecule has 0 radical (unpaired) electrons. The molecule has 1 nitrogen and oxygen atoms in total. The van der Waals surface area contributed by atoms with Crippen LogP contribution in [0.25, 0.3) is 0 Å². The zero-order valence-corrected chi connectivity index (χ0v) is 13.0. The summed E-state index contributed by atoms with van der Waals surface area (Å²) in [5.74, 6) is 0.523. The summed E-state index contributed by atoms with van der Waals surface area (Å²) in [4.78, 5) is 0. The topological polar surface area (TPSA) is 9.23 Å². The van der Waals surface area contributed by atoms with E-state index in [1.165, 1.54) is 0 Å². The number of benzene rings is 1. The van der Waals surface area contributed by atoms with Gasteiger partial charge in [0, 0.05) is 10.4 Å². The van der Waals surface area contributed by atoms with Crippen LogP contribution in [-0.2, 0) is 11.3 Å². The molecule has 0 N–H and O–H groups in total. The molecule has 1 atom stereocenters. The summed E-state index contributed by atoms with van der Waals surface area (Å²) < 4.78 is 5.77. The Balaban J connectivity index is 2.39. The van der Waals surface area contributed by atoms with E-state index < -0.39 is 0 Å². The zero-order valence-electron chi connectivity index (χ0n) is 10.7. The van der Waals surface area contributed by atoms with Gasteiger partial charge in [0.1, 0.15) is 0 Å². The minimum atomic E-state index is 0.267. The van der Waals surface area contributed by atoms with Gasteiger partial charge in [-0.15, -0.1) is 0 Å². The van der Waals surface area contributed by atoms with E-state index in [9.17, 15) is 0 Å². The Kier molecular flexibility index (Phi) is 5.98. The van der Waals surface area contributed by atoms with E-state index in [1.807, 2.05) is 24.3 Å². The van der Waals surface area contributed by atoms with Gasteiger partial charge in [-0.1, -0.05) is 60.4 Å². The predicted molar refractivity (Wildman–Crippen MR) is 77.8 cm³/mol. The van der Waals surface area contributed by atoms with Crippen molar-refractivity contribution in [2.45, 2.75) is 27.4 Å². The Morgan fingerprint density at radius 3 is 2.29 bits per heavy atom. The smallest absolute Gasteiger partial charge is 0.0717 e. The minimum Gasteiger partial charge on any atom is -0.376 e. The molecule has 17 heavy (non-hydrogen) atoms. The molecule has 0 saturated carbocycles. The molecule has 0 aliphatic rings. The number of halogens is 2. The number of ether oxygens (including phenoxy) is 1. The van der Waals surface area contributed by atoms with E-state index in [-0.39, 0.29) is 5.41 Å². The lowest BCUT2D eigenvalue weighted by Gasteiger charge is -2.28. The summed E-state index contributed by atoms with van der Waals surface area (Å²) in [6.45, 7) is 8.15. The SMILES string of the molecule is CC(C)(C)C(CBr)COCc1ccc(Cl)cc1. The van der Waals surface area contributed by atoms with E-state index in [1.54, 1.807) is 0 Å². The maximum Gasteiger partial charge on any atom is 0.0717 e. The van der Waals surface area contributed by atoms with Gasteiger partial charge >= 0.3 is 0 Å². The van der Waals surface area contributed by atoms with Gasteiger partial charge in [0.25, 0.3) is 0 Å². The molecule has 0 bridgehead atoms. The van der Waals surface area contributed by atoms with E-state index in [0.717, 1.165) is 22.5 Å². The van der Waals surface area contributed by atoms with Crippen molar-refractivity contribution in [1.29, 1.82) is 0 Å². The molecule has 0 aliphatic heterocycles. The van der Waals surface area contributed by atoms with Crippen LogP contribution >= 0.6 is 27.5 Å². The van der Waals surface area contributed by atoms with Crippen LogP contribution in [0.3, 0.4) is 0 Å². The molecule has 3 heteroatoms. The van der Waals surface area contributed by atoms with Crippen LogP contribution in [0.1, 0.15) is 26.3 Å². The Morgan fingerprint density at radius 2 is 1.82 bits per heavy atom. The van der Waals surface area contributed by atoms with Crippen molar-refractivity contribution in [3.05, 3.63) is 34.9 Å². The molecule has 0 fully saturated rings. The van der Waals surface area contributed by atoms with Gasteiger partial charge in [-0.3, -0.25) is 0 Å². The fourth-order valence-electron chi connectivity index (χ4n) is 1.43. The predicted octanol–water partition coefficient (Wildman–Crippen LogP) is 4.91. The first kappa shape index (κ1) is 15.0. The molecule has 0 aromatic heterocycles. The molecule has 96 valence electrons. The van der Waals surface area contributed by atoms with Crippen molar-refractivity contribution >= 4 is 27.5 Å². The monoisotopic (exact) mass is 318 g/mol. The highest BCUT2D eigenvalue weighted by atomic mass is 79.9. The van der Waals surface area contributed by atoms with Crippen molar-refractivity contribution in [2.24, 2.45) is 11.3 Å². The molecule has 1 aromatic rings. The standard InChI is InChI=1S/C14H20BrClO/c1-14(2,3)12(8-15)10-17-9-11-4-6-13(16)7-5-11/h4-7,12H,8-10H2,1-3H3. The third kappa shape index (κ3) is 5.41. The maximum absolute atomic E-state index is 5.83. The molecule has 0 amide bonds. The molecule has 1 rings (SSSR count). The quantitative estimate of drug-likeness (QED) is 0.700. The van der Waals surface area contributed by atoms with Gasteiger partial charge in [-0.05, 0) is 29.0 Å². The first-order chi connectivity index (χ1) is 7.93. The van der Waals surface area contributed by atoms with Gasteiger partial charge in [-0.25, -0.2) is 0 Å². The van der Waals surface area contributed by atoms with Gasteiger partial charge in [-0.2, -0.15) is 0 Å². The third-order valence-corrected chi connectivity index (χ3v) is 3.95. The minimum absolute atomic E-state index is 0.267. The fraction of sp³-hybridized carbons (Fsp3) is 0.571. The number of alkyl halides is 1. The Labute approximate surface area is 118 Å². The van der Waals surface area contributed by atoms with Crippen molar-refractivity contribution in [2.75, 3.05) is 11.9 Å². The average Bonchev–Trinajstić information content (AvgIpc) is 2.25. The number of hydrogen-bond donors (Lipinski definition) is 0. The molecular formula is C14H20BrClO. The summed E-state index contributed by atoms with van der Waals surface area (Å²) in [6, 6.07) is 7.79. The van der Waals surface area contributed by atoms with Crippen LogP contribution in [0.4, 0.5) is 0 Å². The summed E-state index contributed by atoms with van der Waals surface area (Å²) in [5.41, 5.74) is 1.43. The van der Waals surface area contributed by atoms with Crippen LogP contribution in [0.5, 0.6) is 0 Å². The van der Waals surface area contributed by atoms with Crippen molar-refractivity contribution in [3.63, 3.8) is 0 Å². The Bertz CT molecular complexity index is 329. The molecule has 1 aromatic carbocycles. The highest BCUT2D eigenvalue weighted by molar-refractivity contribution is 9.09. The highest BCUT2D eigenvalue weighted by Gasteiger charge is 2.23. The molecule has 0 heterocycles. The largest absolute Gasteiger partial charge is 0.376 e. The maximum atomic E-state index is 5.83. The second kappa shape index (κ2) is 6.77. The average molecular weight is 320 g/mol. The first-order valence-corrected chi connectivity index (χ1v) is 7.31. The Morgan fingerprint density at radius 1 is 1.24 bits per heavy atom. The lowest BCUT2D eigenvalue weighted by atomic mass is 9.83. The second-order valence-corrected chi connectivity index (χ2v) is 6.44. The van der Waals surface area contributed by atoms with Crippen LogP contribution in [0.15, 0.2) is 24.3 Å². The zero-order chi connectivity index (χ0) is 12.9. The normalized spacial score (nSPS) is 13.7. The molecular weight excluding hydrogens is 300 g/mol. The summed E-state index contributed by atoms with van der Waals surface area (Å²) in [7, 11) is 0. The van der Waals surface area contributed by atoms with Crippen molar-refractivity contribution in [3.8, 4) is 0 Å². The van der Waals surface area contributed by atoms with Crippen LogP contribution in [0.2, 0.25) is 5.02 Å². The van der Waals surface area contributed by atoms with Gasteiger partial charge in [0.2, 0.25) is 0 Å². The summed E-state index contributed by atoms with van der Waals surface area (Å²) >= 11 is 9.38. The Hall–Kier alpha value is -0.0500. The van der Waals surface area contributed by atoms with Crippen LogP contribution < -0.4 is 0 Å². The van der Waals surface area contributed by atoms with Crippen LogP contribution in [-0.4, -0.2) is 11.9 Å². The van der Waals surface area contributed by atoms with Crippen molar-refractivity contribution < 1.29 is 4.74 Å². The second-order valence-electron chi connectivity index (χ2n) is 5.36. The van der Waals surface area contributed by atoms with Gasteiger partial charge < -0.3 is 4.74 Å². The summed E-state index contributed by atoms with van der Waals surface area (Å²) in [6.07, 6.45) is 0. The molecule has 1 unspecified atom stereocenters. The highest BCUT2D eigenvalue weighted by Crippen LogP contribution is 2.27. The fourth-order valence-corrected chi connectivity index (χ4v) is 2.71. The number of hydrogen-bond acceptors (Lipinski definition) is 1. The van der Waals surface area contributed by atoms with Gasteiger partial charge in [0.15, 0.2) is 0 Å². The van der Waals surface area contributed by atoms with Crippen molar-refractivity contribution in [1.82, 2.24) is 0 Å². The van der Waals surface area contributed by atoms with E-state index >= 15 is 0 Å². The third-order valence-electron chi connectivity index (χ3n) is 2.91. The summed E-state index contributed by atoms with van der Waals surface area (Å²) in [5, 5.41) is 1.73. The lowest BCUT2D eigenvalue weighted by Crippen LogP contribution is -2.26. The molecule has 0 aliphatic carbocycles. The van der Waals surface area contributed by atoms with E-state index in [4.69, 9.17) is 16.3 Å². The van der Waals surface area contributed by atoms with Gasteiger partial charge in [0.05, 0.1) is 13.2 Å². The lowest BCUT2D eigenvalue weighted by molar-refractivity contribution is 0.0564. The van der Waals surface area contributed by atoms with E-state index in [0.29, 0.717) is 12.5 Å². The number of rotatable bonds is 5. The molecule has 0 saturated heterocycles. The first-order valence-electron chi connectivity index (χ1n) is 5.81. The molecule has 0 spiro atoms. The van der Waals surface area contributed by atoms with Crippen LogP contribution in [0, 0.1) is 11.3 Å². The van der Waals surface area contributed by atoms with E-state index in [2.05, 4.69) is 36.7 Å².